The van der Waals surface area contributed by atoms with Gasteiger partial charge in [-0.25, -0.2) is 0 Å². The van der Waals surface area contributed by atoms with E-state index in [1.54, 1.807) is 0 Å². The van der Waals surface area contributed by atoms with E-state index in [4.69, 9.17) is 36.1 Å². The molecule has 0 saturated heterocycles. The molecule has 0 radical (unpaired) electrons. The number of fused-ring (bicyclic) bond motifs is 5. The molecule has 0 aromatic carbocycles. The van der Waals surface area contributed by atoms with E-state index in [9.17, 15) is 19.2 Å². The van der Waals surface area contributed by atoms with Crippen LogP contribution in [0.25, 0.3) is 0 Å². The molecule has 11 atom stereocenters. The Morgan fingerprint density at radius 3 is 2.06 bits per heavy atom. The molecule has 0 aromatic rings. The van der Waals surface area contributed by atoms with Crippen LogP contribution in [0.3, 0.4) is 0 Å². The van der Waals surface area contributed by atoms with Crippen LogP contribution >= 0.6 is 0 Å². The number of carbonyl (C=O) groups excluding carboxylic acids is 4. The molecule has 4 unspecified atom stereocenters. The van der Waals surface area contributed by atoms with Crippen LogP contribution in [0.4, 0.5) is 0 Å². The third-order valence-corrected chi connectivity index (χ3v) is 13.4. The summed E-state index contributed by atoms with van der Waals surface area (Å²) in [5, 5.41) is 0. The van der Waals surface area contributed by atoms with Gasteiger partial charge >= 0.3 is 23.9 Å². The highest BCUT2D eigenvalue weighted by Crippen LogP contribution is 2.69. The van der Waals surface area contributed by atoms with Gasteiger partial charge in [-0.2, -0.15) is 0 Å². The van der Waals surface area contributed by atoms with Gasteiger partial charge in [-0.1, -0.05) is 47.0 Å². The smallest absolute Gasteiger partial charge is 0.307 e. The summed E-state index contributed by atoms with van der Waals surface area (Å²) in [6, 6.07) is 0. The first-order chi connectivity index (χ1) is 23.9. The van der Waals surface area contributed by atoms with Crippen LogP contribution in [-0.4, -0.2) is 68.4 Å². The Labute approximate surface area is 300 Å². The van der Waals surface area contributed by atoms with E-state index in [1.165, 1.54) is 0 Å². The van der Waals surface area contributed by atoms with Crippen LogP contribution in [-0.2, 0) is 38.1 Å². The normalized spacial score (nSPS) is 35.2. The van der Waals surface area contributed by atoms with Crippen LogP contribution in [0.15, 0.2) is 0 Å². The summed E-state index contributed by atoms with van der Waals surface area (Å²) >= 11 is 0. The summed E-state index contributed by atoms with van der Waals surface area (Å²) in [5.74, 6) is -0.00890. The Hall–Kier alpha value is -2.24. The van der Waals surface area contributed by atoms with Crippen molar-refractivity contribution in [2.24, 2.45) is 63.5 Å². The predicted octanol–water partition coefficient (Wildman–Crippen LogP) is 5.19. The summed E-state index contributed by atoms with van der Waals surface area (Å²) < 4.78 is 24.2. The fourth-order valence-electron chi connectivity index (χ4n) is 10.8. The van der Waals surface area contributed by atoms with E-state index in [-0.39, 0.29) is 127 Å². The van der Waals surface area contributed by atoms with E-state index in [0.29, 0.717) is 38.7 Å². The van der Waals surface area contributed by atoms with E-state index in [2.05, 4.69) is 27.7 Å². The Kier molecular flexibility index (Phi) is 15.0. The first-order valence-electron chi connectivity index (χ1n) is 19.8. The lowest BCUT2D eigenvalue weighted by atomic mass is 9.43. The summed E-state index contributed by atoms with van der Waals surface area (Å²) in [6.07, 6.45) is 10.6. The van der Waals surface area contributed by atoms with Crippen molar-refractivity contribution in [2.45, 2.75) is 149 Å². The zero-order valence-corrected chi connectivity index (χ0v) is 31.3. The Morgan fingerprint density at radius 1 is 0.740 bits per heavy atom. The van der Waals surface area contributed by atoms with Gasteiger partial charge in [-0.15, -0.1) is 0 Å². The van der Waals surface area contributed by atoms with E-state index in [0.717, 1.165) is 51.4 Å². The minimum atomic E-state index is -0.369. The summed E-state index contributed by atoms with van der Waals surface area (Å²) in [5.41, 5.74) is 16.7. The molecule has 11 nitrogen and oxygen atoms in total. The van der Waals surface area contributed by atoms with Crippen molar-refractivity contribution in [1.29, 1.82) is 0 Å². The van der Waals surface area contributed by atoms with Crippen molar-refractivity contribution in [2.75, 3.05) is 26.2 Å². The highest BCUT2D eigenvalue weighted by atomic mass is 16.6. The second-order valence-corrected chi connectivity index (χ2v) is 16.3. The molecule has 50 heavy (non-hydrogen) atoms. The van der Waals surface area contributed by atoms with Crippen LogP contribution < -0.4 is 17.2 Å². The number of hydrogen-bond donors (Lipinski definition) is 3. The molecule has 0 heterocycles. The average Bonchev–Trinajstić information content (AvgIpc) is 3.43. The monoisotopic (exact) mass is 705 g/mol. The molecule has 4 aliphatic carbocycles. The van der Waals surface area contributed by atoms with Gasteiger partial charge in [0.15, 0.2) is 0 Å². The molecule has 0 bridgehead atoms. The number of carbonyl (C=O) groups is 4. The maximum atomic E-state index is 13.2. The number of hydrogen-bond acceptors (Lipinski definition) is 11. The minimum absolute atomic E-state index is 0.0917. The zero-order chi connectivity index (χ0) is 36.5. The second-order valence-electron chi connectivity index (χ2n) is 16.3. The fourth-order valence-corrected chi connectivity index (χ4v) is 10.8. The molecule has 4 aliphatic rings. The molecule has 0 spiro atoms. The number of unbranched alkanes of at least 4 members (excludes halogenated alkanes) is 3. The summed E-state index contributed by atoms with van der Waals surface area (Å²) in [7, 11) is 0. The lowest BCUT2D eigenvalue weighted by molar-refractivity contribution is -0.225. The van der Waals surface area contributed by atoms with E-state index < -0.39 is 0 Å². The quantitative estimate of drug-likeness (QED) is 0.0970. The van der Waals surface area contributed by atoms with Crippen molar-refractivity contribution < 1.29 is 38.1 Å². The Balaban J connectivity index is 1.61. The first-order valence-corrected chi connectivity index (χ1v) is 19.8. The van der Waals surface area contributed by atoms with Gasteiger partial charge in [-0.3, -0.25) is 19.2 Å². The Bertz CT molecular complexity index is 1150. The van der Waals surface area contributed by atoms with Gasteiger partial charge in [0.2, 0.25) is 0 Å². The van der Waals surface area contributed by atoms with Gasteiger partial charge in [0, 0.05) is 37.4 Å². The summed E-state index contributed by atoms with van der Waals surface area (Å²) in [6.45, 7) is 10.2. The van der Waals surface area contributed by atoms with Crippen LogP contribution in [0, 0.1) is 46.3 Å². The molecule has 0 aliphatic heterocycles. The fraction of sp³-hybridized carbons (Fsp3) is 0.897. The van der Waals surface area contributed by atoms with Gasteiger partial charge in [-0.05, 0) is 92.8 Å². The van der Waals surface area contributed by atoms with Crippen molar-refractivity contribution >= 4 is 23.9 Å². The number of ether oxygens (including phenoxy) is 4. The maximum absolute atomic E-state index is 13.2. The highest BCUT2D eigenvalue weighted by molar-refractivity contribution is 5.71. The number of esters is 4. The lowest BCUT2D eigenvalue weighted by Crippen LogP contribution is -2.63. The largest absolute Gasteiger partial charge is 0.466 e. The van der Waals surface area contributed by atoms with Gasteiger partial charge in [0.25, 0.3) is 0 Å². The topological polar surface area (TPSA) is 183 Å². The third kappa shape index (κ3) is 9.21. The maximum Gasteiger partial charge on any atom is 0.307 e. The number of rotatable bonds is 18. The SMILES string of the molecule is CCCCCCOC(=O)CCC(C)C1CC[C@H]2C3[C@H](OC(=O)CCN)CC4C[C@H](OC(=O)CCN)CC[C@]4(C)[C@H]3C[C@H](OC(=O)CCN)[C@]12C. The molecule has 4 saturated carbocycles. The van der Waals surface area contributed by atoms with Crippen molar-refractivity contribution in [3.05, 3.63) is 0 Å². The van der Waals surface area contributed by atoms with Gasteiger partial charge in [0.05, 0.1) is 25.9 Å². The van der Waals surface area contributed by atoms with Crippen molar-refractivity contribution in [3.8, 4) is 0 Å². The number of nitrogens with two attached hydrogens (primary N) is 3. The average molecular weight is 706 g/mol. The highest BCUT2D eigenvalue weighted by Gasteiger charge is 2.67. The molecule has 4 fully saturated rings. The van der Waals surface area contributed by atoms with Crippen molar-refractivity contribution in [3.63, 3.8) is 0 Å². The molecule has 4 rings (SSSR count). The predicted molar refractivity (Wildman–Crippen MR) is 190 cm³/mol. The second kappa shape index (κ2) is 18.5. The van der Waals surface area contributed by atoms with E-state index in [1.807, 2.05) is 0 Å². The van der Waals surface area contributed by atoms with Gasteiger partial charge in [0.1, 0.15) is 18.3 Å². The Morgan fingerprint density at radius 2 is 1.40 bits per heavy atom. The molecule has 11 heteroatoms. The molecular formula is C39H67N3O8. The van der Waals surface area contributed by atoms with Crippen molar-refractivity contribution in [1.82, 2.24) is 0 Å². The van der Waals surface area contributed by atoms with Gasteiger partial charge < -0.3 is 36.1 Å². The summed E-state index contributed by atoms with van der Waals surface area (Å²) in [4.78, 5) is 51.4. The zero-order valence-electron chi connectivity index (χ0n) is 31.3. The molecular weight excluding hydrogens is 638 g/mol. The first kappa shape index (κ1) is 40.5. The third-order valence-electron chi connectivity index (χ3n) is 13.4. The standard InChI is InChI=1S/C39H67N3O8/c1-5-6-7-8-21-47-33(43)12-9-25(2)28-10-11-29-37-30(24-32(39(28,29)4)50-36(46)16-20-42)38(3)17-13-27(48-34(44)14-18-40)22-26(38)23-31(37)49-35(45)15-19-41/h25-32,37H,5-24,40-42H2,1-4H3/t25?,26?,27-,28?,29+,30+,31-,32+,37?,38+,39-/m1/s1. The lowest BCUT2D eigenvalue weighted by Gasteiger charge is -2.64. The molecule has 286 valence electrons. The van der Waals surface area contributed by atoms with Crippen LogP contribution in [0.2, 0.25) is 0 Å². The molecule has 0 aromatic heterocycles. The van der Waals surface area contributed by atoms with Crippen LogP contribution in [0.1, 0.15) is 130 Å². The minimum Gasteiger partial charge on any atom is -0.466 e. The molecule has 6 N–H and O–H groups in total. The van der Waals surface area contributed by atoms with Crippen LogP contribution in [0.5, 0.6) is 0 Å². The molecule has 0 amide bonds. The van der Waals surface area contributed by atoms with E-state index >= 15 is 0 Å².